The van der Waals surface area contributed by atoms with Crippen LogP contribution in [0.4, 0.5) is 4.79 Å². The molecule has 2 amide bonds. The first kappa shape index (κ1) is 13.6. The Bertz CT molecular complexity index is 545. The topological polar surface area (TPSA) is 81.4 Å². The van der Waals surface area contributed by atoms with Crippen LogP contribution in [0.2, 0.25) is 0 Å². The van der Waals surface area contributed by atoms with E-state index in [4.69, 9.17) is 10.6 Å². The zero-order valence-corrected chi connectivity index (χ0v) is 10.7. The van der Waals surface area contributed by atoms with Gasteiger partial charge in [-0.25, -0.2) is 9.59 Å². The second-order valence-corrected chi connectivity index (χ2v) is 4.14. The Labute approximate surface area is 116 Å². The van der Waals surface area contributed by atoms with Gasteiger partial charge in [0.2, 0.25) is 0 Å². The Kier molecular flexibility index (Phi) is 4.34. The minimum absolute atomic E-state index is 0.596. The van der Waals surface area contributed by atoms with Gasteiger partial charge in [0.05, 0.1) is 0 Å². The van der Waals surface area contributed by atoms with Crippen LogP contribution in [0.15, 0.2) is 60.7 Å². The predicted molar refractivity (Wildman–Crippen MR) is 73.5 cm³/mol. The van der Waals surface area contributed by atoms with E-state index < -0.39 is 17.9 Å². The van der Waals surface area contributed by atoms with E-state index in [1.54, 1.807) is 0 Å². The van der Waals surface area contributed by atoms with Crippen LogP contribution in [0.3, 0.4) is 0 Å². The largest absolute Gasteiger partial charge is 0.349 e. The molecule has 2 rings (SSSR count). The van der Waals surface area contributed by atoms with E-state index in [-0.39, 0.29) is 0 Å². The molecule has 0 unspecified atom stereocenters. The number of carbonyl (C=O) groups is 2. The standard InChI is InChI=1S/C15H14N2O3/c16-15(19)17-20-14(18)13(11-7-3-1-4-8-11)12-9-5-2-6-10-12/h1-10,13H,(H3,16,17,19). The second kappa shape index (κ2) is 6.38. The van der Waals surface area contributed by atoms with Crippen LogP contribution in [0.1, 0.15) is 17.0 Å². The summed E-state index contributed by atoms with van der Waals surface area (Å²) in [6.07, 6.45) is 0. The molecule has 2 aromatic rings. The third-order valence-corrected chi connectivity index (χ3v) is 2.75. The van der Waals surface area contributed by atoms with E-state index in [2.05, 4.69) is 0 Å². The zero-order chi connectivity index (χ0) is 14.4. The van der Waals surface area contributed by atoms with Crippen molar-refractivity contribution in [2.75, 3.05) is 0 Å². The Hall–Kier alpha value is -2.82. The maximum absolute atomic E-state index is 12.2. The molecule has 0 heterocycles. The third-order valence-electron chi connectivity index (χ3n) is 2.75. The lowest BCUT2D eigenvalue weighted by Gasteiger charge is -2.16. The highest BCUT2D eigenvalue weighted by molar-refractivity contribution is 5.83. The first-order valence-electron chi connectivity index (χ1n) is 6.04. The molecule has 0 atom stereocenters. The number of rotatable bonds is 3. The molecule has 0 spiro atoms. The molecule has 0 saturated heterocycles. The van der Waals surface area contributed by atoms with Gasteiger partial charge in [0.1, 0.15) is 5.92 Å². The minimum atomic E-state index is -0.918. The van der Waals surface area contributed by atoms with E-state index >= 15 is 0 Å². The molecular weight excluding hydrogens is 256 g/mol. The van der Waals surface area contributed by atoms with Crippen molar-refractivity contribution >= 4 is 12.0 Å². The summed E-state index contributed by atoms with van der Waals surface area (Å²) in [6.45, 7) is 0. The number of amides is 2. The van der Waals surface area contributed by atoms with E-state index in [0.717, 1.165) is 11.1 Å². The SMILES string of the molecule is NC(=O)NOC(=O)C(c1ccccc1)c1ccccc1. The van der Waals surface area contributed by atoms with Gasteiger partial charge >= 0.3 is 12.0 Å². The number of primary amides is 1. The van der Waals surface area contributed by atoms with Gasteiger partial charge in [-0.3, -0.25) is 0 Å². The number of nitrogens with two attached hydrogens (primary N) is 1. The van der Waals surface area contributed by atoms with E-state index in [1.807, 2.05) is 66.1 Å². The molecule has 0 saturated carbocycles. The first-order chi connectivity index (χ1) is 9.68. The number of hydrogen-bond acceptors (Lipinski definition) is 3. The maximum Gasteiger partial charge on any atom is 0.345 e. The average Bonchev–Trinajstić information content (AvgIpc) is 2.48. The van der Waals surface area contributed by atoms with Crippen LogP contribution < -0.4 is 11.2 Å². The summed E-state index contributed by atoms with van der Waals surface area (Å²) >= 11 is 0. The Morgan fingerprint density at radius 1 is 0.900 bits per heavy atom. The Morgan fingerprint density at radius 3 is 1.75 bits per heavy atom. The van der Waals surface area contributed by atoms with Gasteiger partial charge in [-0.05, 0) is 11.1 Å². The molecule has 0 aliphatic carbocycles. The predicted octanol–water partition coefficient (Wildman–Crippen LogP) is 1.94. The zero-order valence-electron chi connectivity index (χ0n) is 10.7. The van der Waals surface area contributed by atoms with Crippen LogP contribution in [0.5, 0.6) is 0 Å². The molecule has 2 aromatic carbocycles. The molecule has 5 heteroatoms. The van der Waals surface area contributed by atoms with Gasteiger partial charge in [-0.2, -0.15) is 5.48 Å². The number of carbonyl (C=O) groups excluding carboxylic acids is 2. The fourth-order valence-corrected chi connectivity index (χ4v) is 1.92. The third kappa shape index (κ3) is 3.35. The number of benzene rings is 2. The summed E-state index contributed by atoms with van der Waals surface area (Å²) in [4.78, 5) is 27.5. The molecule has 102 valence electrons. The molecule has 20 heavy (non-hydrogen) atoms. The van der Waals surface area contributed by atoms with Gasteiger partial charge in [0, 0.05) is 0 Å². The highest BCUT2D eigenvalue weighted by atomic mass is 16.7. The smallest absolute Gasteiger partial charge is 0.345 e. The van der Waals surface area contributed by atoms with Crippen molar-refractivity contribution in [3.63, 3.8) is 0 Å². The molecule has 0 fully saturated rings. The molecule has 3 N–H and O–H groups in total. The van der Waals surface area contributed by atoms with Gasteiger partial charge in [-0.15, -0.1) is 0 Å². The lowest BCUT2D eigenvalue weighted by atomic mass is 9.91. The lowest BCUT2D eigenvalue weighted by Crippen LogP contribution is -2.34. The van der Waals surface area contributed by atoms with Crippen LogP contribution in [-0.2, 0) is 9.63 Å². The molecule has 5 nitrogen and oxygen atoms in total. The van der Waals surface area contributed by atoms with Crippen molar-refractivity contribution < 1.29 is 14.4 Å². The quantitative estimate of drug-likeness (QED) is 0.836. The number of hydroxylamine groups is 1. The van der Waals surface area contributed by atoms with Gasteiger partial charge < -0.3 is 10.6 Å². The summed E-state index contributed by atoms with van der Waals surface area (Å²) in [5, 5.41) is 0. The molecule has 0 aliphatic rings. The van der Waals surface area contributed by atoms with Crippen LogP contribution >= 0.6 is 0 Å². The van der Waals surface area contributed by atoms with Crippen molar-refractivity contribution in [1.29, 1.82) is 0 Å². The molecular formula is C15H14N2O3. The minimum Gasteiger partial charge on any atom is -0.349 e. The van der Waals surface area contributed by atoms with Gasteiger partial charge in [0.25, 0.3) is 0 Å². The van der Waals surface area contributed by atoms with Crippen LogP contribution in [0.25, 0.3) is 0 Å². The van der Waals surface area contributed by atoms with E-state index in [9.17, 15) is 9.59 Å². The fourth-order valence-electron chi connectivity index (χ4n) is 1.92. The summed E-state index contributed by atoms with van der Waals surface area (Å²) in [7, 11) is 0. The molecule has 0 radical (unpaired) electrons. The summed E-state index contributed by atoms with van der Waals surface area (Å²) in [6, 6.07) is 17.4. The maximum atomic E-state index is 12.2. The Balaban J connectivity index is 2.30. The van der Waals surface area contributed by atoms with Crippen LogP contribution in [0, 0.1) is 0 Å². The first-order valence-corrected chi connectivity index (χ1v) is 6.04. The molecule has 0 aromatic heterocycles. The summed E-state index contributed by atoms with van der Waals surface area (Å²) < 4.78 is 0. The molecule has 0 bridgehead atoms. The van der Waals surface area contributed by atoms with E-state index in [1.165, 1.54) is 0 Å². The average molecular weight is 270 g/mol. The fraction of sp³-hybridized carbons (Fsp3) is 0.0667. The Morgan fingerprint density at radius 2 is 1.35 bits per heavy atom. The summed E-state index contributed by atoms with van der Waals surface area (Å²) in [5.41, 5.74) is 8.29. The highest BCUT2D eigenvalue weighted by Crippen LogP contribution is 2.25. The van der Waals surface area contributed by atoms with Gasteiger partial charge in [-0.1, -0.05) is 60.7 Å². The van der Waals surface area contributed by atoms with Crippen molar-refractivity contribution in [2.24, 2.45) is 5.73 Å². The van der Waals surface area contributed by atoms with E-state index in [0.29, 0.717) is 0 Å². The highest BCUT2D eigenvalue weighted by Gasteiger charge is 2.24. The lowest BCUT2D eigenvalue weighted by molar-refractivity contribution is -0.149. The normalized spacial score (nSPS) is 10.1. The molecule has 0 aliphatic heterocycles. The van der Waals surface area contributed by atoms with Gasteiger partial charge in [0.15, 0.2) is 0 Å². The number of urea groups is 1. The van der Waals surface area contributed by atoms with Crippen LogP contribution in [-0.4, -0.2) is 12.0 Å². The summed E-state index contributed by atoms with van der Waals surface area (Å²) in [5.74, 6) is -1.22. The number of hydrogen-bond donors (Lipinski definition) is 2. The number of nitrogens with one attached hydrogen (secondary N) is 1. The van der Waals surface area contributed by atoms with Crippen molar-refractivity contribution in [1.82, 2.24) is 5.48 Å². The van der Waals surface area contributed by atoms with Crippen molar-refractivity contribution in [2.45, 2.75) is 5.92 Å². The van der Waals surface area contributed by atoms with Crippen molar-refractivity contribution in [3.8, 4) is 0 Å². The second-order valence-electron chi connectivity index (χ2n) is 4.14. The van der Waals surface area contributed by atoms with Crippen molar-refractivity contribution in [3.05, 3.63) is 71.8 Å². The monoisotopic (exact) mass is 270 g/mol.